The molecule has 0 aliphatic rings. The molecule has 3 nitrogen and oxygen atoms in total. The first-order valence-electron chi connectivity index (χ1n) is 7.35. The number of halogens is 1. The second-order valence-electron chi connectivity index (χ2n) is 5.11. The van der Waals surface area contributed by atoms with E-state index in [0.29, 0.717) is 17.9 Å². The van der Waals surface area contributed by atoms with Crippen molar-refractivity contribution in [3.63, 3.8) is 0 Å². The van der Waals surface area contributed by atoms with Crippen LogP contribution < -0.4 is 0 Å². The van der Waals surface area contributed by atoms with E-state index in [1.54, 1.807) is 12.4 Å². The number of carbonyl (C=O) groups excluding carboxylic acids is 1. The molecule has 0 radical (unpaired) electrons. The normalized spacial score (nSPS) is 10.7. The van der Waals surface area contributed by atoms with Crippen LogP contribution in [0.2, 0.25) is 5.02 Å². The van der Waals surface area contributed by atoms with Crippen molar-refractivity contribution >= 4 is 28.7 Å². The Kier molecular flexibility index (Phi) is 4.84. The SMILES string of the molecule is CCC(=O)c1sc(-c2ccncc2)nc1Cc1ccc(Cl)cc1. The molecule has 0 fully saturated rings. The van der Waals surface area contributed by atoms with Gasteiger partial charge in [0, 0.05) is 35.8 Å². The molecule has 3 aromatic rings. The first-order chi connectivity index (χ1) is 11.2. The van der Waals surface area contributed by atoms with Gasteiger partial charge in [-0.1, -0.05) is 30.7 Å². The molecule has 0 amide bonds. The number of carbonyl (C=O) groups is 1. The van der Waals surface area contributed by atoms with Gasteiger partial charge >= 0.3 is 0 Å². The summed E-state index contributed by atoms with van der Waals surface area (Å²) in [6.45, 7) is 1.88. The fourth-order valence-electron chi connectivity index (χ4n) is 2.26. The van der Waals surface area contributed by atoms with E-state index in [1.165, 1.54) is 11.3 Å². The van der Waals surface area contributed by atoms with Gasteiger partial charge in [0.15, 0.2) is 5.78 Å². The van der Waals surface area contributed by atoms with E-state index in [0.717, 1.165) is 26.7 Å². The molecule has 3 rings (SSSR count). The van der Waals surface area contributed by atoms with Gasteiger partial charge in [-0.15, -0.1) is 11.3 Å². The van der Waals surface area contributed by atoms with Gasteiger partial charge in [0.1, 0.15) is 5.01 Å². The number of hydrogen-bond donors (Lipinski definition) is 0. The zero-order valence-corrected chi connectivity index (χ0v) is 14.2. The maximum Gasteiger partial charge on any atom is 0.174 e. The number of aromatic nitrogens is 2. The molecule has 0 saturated heterocycles. The van der Waals surface area contributed by atoms with Crippen molar-refractivity contribution in [3.8, 4) is 10.6 Å². The number of thiazole rings is 1. The van der Waals surface area contributed by atoms with Crippen molar-refractivity contribution in [2.45, 2.75) is 19.8 Å². The van der Waals surface area contributed by atoms with E-state index in [-0.39, 0.29) is 5.78 Å². The van der Waals surface area contributed by atoms with Crippen LogP contribution in [-0.4, -0.2) is 15.8 Å². The lowest BCUT2D eigenvalue weighted by Crippen LogP contribution is -2.00. The van der Waals surface area contributed by atoms with Gasteiger partial charge in [-0.25, -0.2) is 4.98 Å². The molecule has 0 spiro atoms. The summed E-state index contributed by atoms with van der Waals surface area (Å²) in [6, 6.07) is 11.5. The highest BCUT2D eigenvalue weighted by Gasteiger charge is 2.18. The Morgan fingerprint density at radius 3 is 2.48 bits per heavy atom. The summed E-state index contributed by atoms with van der Waals surface area (Å²) >= 11 is 7.38. The zero-order valence-electron chi connectivity index (χ0n) is 12.6. The van der Waals surface area contributed by atoms with E-state index in [9.17, 15) is 4.79 Å². The smallest absolute Gasteiger partial charge is 0.174 e. The van der Waals surface area contributed by atoms with Crippen LogP contribution in [0.25, 0.3) is 10.6 Å². The van der Waals surface area contributed by atoms with Gasteiger partial charge in [0.2, 0.25) is 0 Å². The Balaban J connectivity index is 1.98. The third-order valence-corrected chi connectivity index (χ3v) is 4.92. The van der Waals surface area contributed by atoms with Crippen molar-refractivity contribution in [2.24, 2.45) is 0 Å². The summed E-state index contributed by atoms with van der Waals surface area (Å²) in [4.78, 5) is 21.7. The molecule has 2 aromatic heterocycles. The Bertz CT molecular complexity index is 813. The van der Waals surface area contributed by atoms with Crippen molar-refractivity contribution < 1.29 is 4.79 Å². The molecular weight excluding hydrogens is 328 g/mol. The van der Waals surface area contributed by atoms with Gasteiger partial charge in [-0.05, 0) is 29.8 Å². The largest absolute Gasteiger partial charge is 0.293 e. The summed E-state index contributed by atoms with van der Waals surface area (Å²) in [5.74, 6) is 0.131. The predicted molar refractivity (Wildman–Crippen MR) is 94.2 cm³/mol. The van der Waals surface area contributed by atoms with Crippen molar-refractivity contribution in [2.75, 3.05) is 0 Å². The molecule has 116 valence electrons. The highest BCUT2D eigenvalue weighted by atomic mass is 35.5. The van der Waals surface area contributed by atoms with Crippen LogP contribution in [-0.2, 0) is 6.42 Å². The summed E-state index contributed by atoms with van der Waals surface area (Å²) < 4.78 is 0. The topological polar surface area (TPSA) is 42.9 Å². The highest BCUT2D eigenvalue weighted by molar-refractivity contribution is 7.17. The number of pyridine rings is 1. The molecule has 5 heteroatoms. The van der Waals surface area contributed by atoms with Gasteiger partial charge in [-0.2, -0.15) is 0 Å². The van der Waals surface area contributed by atoms with Crippen molar-refractivity contribution in [3.05, 3.63) is 69.9 Å². The van der Waals surface area contributed by atoms with Gasteiger partial charge in [-0.3, -0.25) is 9.78 Å². The fourth-order valence-corrected chi connectivity index (χ4v) is 3.49. The van der Waals surface area contributed by atoms with Gasteiger partial charge in [0.25, 0.3) is 0 Å². The first-order valence-corrected chi connectivity index (χ1v) is 8.54. The quantitative estimate of drug-likeness (QED) is 0.610. The number of nitrogens with zero attached hydrogens (tertiary/aromatic N) is 2. The molecule has 0 bridgehead atoms. The van der Waals surface area contributed by atoms with Crippen LogP contribution in [0, 0.1) is 0 Å². The molecule has 0 aliphatic heterocycles. The van der Waals surface area contributed by atoms with Crippen LogP contribution >= 0.6 is 22.9 Å². The molecule has 0 aliphatic carbocycles. The van der Waals surface area contributed by atoms with E-state index >= 15 is 0 Å². The minimum atomic E-state index is 0.131. The monoisotopic (exact) mass is 342 g/mol. The molecule has 0 atom stereocenters. The molecule has 0 unspecified atom stereocenters. The van der Waals surface area contributed by atoms with Crippen molar-refractivity contribution in [1.29, 1.82) is 0 Å². The molecule has 23 heavy (non-hydrogen) atoms. The molecule has 0 N–H and O–H groups in total. The van der Waals surface area contributed by atoms with Crippen LogP contribution in [0.1, 0.15) is 34.3 Å². The maximum atomic E-state index is 12.3. The standard InChI is InChI=1S/C18H15ClN2OS/c1-2-16(22)17-15(11-12-3-5-14(19)6-4-12)21-18(23-17)13-7-9-20-10-8-13/h3-10H,2,11H2,1H3. The summed E-state index contributed by atoms with van der Waals surface area (Å²) in [7, 11) is 0. The van der Waals surface area contributed by atoms with Crippen molar-refractivity contribution in [1.82, 2.24) is 9.97 Å². The lowest BCUT2D eigenvalue weighted by atomic mass is 10.1. The second-order valence-corrected chi connectivity index (χ2v) is 6.55. The predicted octanol–water partition coefficient (Wildman–Crippen LogP) is 5.04. The molecular formula is C18H15ClN2OS. The number of Topliss-reactive ketones (excluding diaryl/α,β-unsaturated/α-hetero) is 1. The Morgan fingerprint density at radius 2 is 1.83 bits per heavy atom. The van der Waals surface area contributed by atoms with Gasteiger partial charge in [0.05, 0.1) is 10.6 Å². The van der Waals surface area contributed by atoms with E-state index in [4.69, 9.17) is 16.6 Å². The average Bonchev–Trinajstić information content (AvgIpc) is 3.01. The third kappa shape index (κ3) is 3.66. The van der Waals surface area contributed by atoms with Crippen LogP contribution in [0.5, 0.6) is 0 Å². The molecule has 0 saturated carbocycles. The highest BCUT2D eigenvalue weighted by Crippen LogP contribution is 2.30. The second kappa shape index (κ2) is 7.02. The summed E-state index contributed by atoms with van der Waals surface area (Å²) in [5.41, 5.74) is 2.90. The minimum absolute atomic E-state index is 0.131. The Labute approximate surface area is 144 Å². The van der Waals surface area contributed by atoms with E-state index in [2.05, 4.69) is 4.98 Å². The third-order valence-electron chi connectivity index (χ3n) is 3.48. The molecule has 1 aromatic carbocycles. The number of benzene rings is 1. The lowest BCUT2D eigenvalue weighted by molar-refractivity contribution is 0.0991. The maximum absolute atomic E-state index is 12.3. The van der Waals surface area contributed by atoms with Crippen LogP contribution in [0.4, 0.5) is 0 Å². The van der Waals surface area contributed by atoms with Gasteiger partial charge < -0.3 is 0 Å². The summed E-state index contributed by atoms with van der Waals surface area (Å²) in [5, 5.41) is 1.56. The fraction of sp³-hybridized carbons (Fsp3) is 0.167. The first kappa shape index (κ1) is 15.8. The zero-order chi connectivity index (χ0) is 16.2. The Hall–Kier alpha value is -2.04. The number of rotatable bonds is 5. The Morgan fingerprint density at radius 1 is 1.13 bits per heavy atom. The number of ketones is 1. The van der Waals surface area contributed by atoms with E-state index in [1.807, 2.05) is 43.3 Å². The van der Waals surface area contributed by atoms with Crippen LogP contribution in [0.15, 0.2) is 48.8 Å². The average molecular weight is 343 g/mol. The van der Waals surface area contributed by atoms with E-state index < -0.39 is 0 Å². The lowest BCUT2D eigenvalue weighted by Gasteiger charge is -2.01. The van der Waals surface area contributed by atoms with Crippen LogP contribution in [0.3, 0.4) is 0 Å². The minimum Gasteiger partial charge on any atom is -0.293 e. The molecule has 2 heterocycles. The summed E-state index contributed by atoms with van der Waals surface area (Å²) in [6.07, 6.45) is 4.57. The number of hydrogen-bond acceptors (Lipinski definition) is 4.